The van der Waals surface area contributed by atoms with E-state index in [0.29, 0.717) is 4.47 Å². The predicted octanol–water partition coefficient (Wildman–Crippen LogP) is 3.33. The van der Waals surface area contributed by atoms with Crippen molar-refractivity contribution in [3.63, 3.8) is 0 Å². The minimum atomic E-state index is -3.39. The van der Waals surface area contributed by atoms with E-state index in [0.717, 1.165) is 6.26 Å². The Balaban J connectivity index is 3.46. The largest absolute Gasteiger partial charge is 0.312 e. The van der Waals surface area contributed by atoms with Crippen LogP contribution in [-0.4, -0.2) is 26.5 Å². The molecule has 0 aliphatic rings. The second-order valence-corrected chi connectivity index (χ2v) is 8.69. The standard InChI is InChI=1S/C12H16BrClFNO2S/c1-12(2,19(4,17)18)11(16-3)7-5-6-8(13)9(14)10(7)15/h5-6,11,16H,1-4H3. The van der Waals surface area contributed by atoms with Crippen LogP contribution in [0.15, 0.2) is 16.6 Å². The molecule has 0 spiro atoms. The van der Waals surface area contributed by atoms with Crippen molar-refractivity contribution in [1.82, 2.24) is 5.32 Å². The van der Waals surface area contributed by atoms with Gasteiger partial charge in [-0.2, -0.15) is 0 Å². The molecule has 0 aliphatic heterocycles. The number of hydrogen-bond donors (Lipinski definition) is 1. The average molecular weight is 373 g/mol. The van der Waals surface area contributed by atoms with E-state index in [1.54, 1.807) is 27.0 Å². The van der Waals surface area contributed by atoms with Crippen LogP contribution in [0, 0.1) is 5.82 Å². The van der Waals surface area contributed by atoms with Crippen molar-refractivity contribution in [2.24, 2.45) is 0 Å². The molecule has 0 aromatic heterocycles. The van der Waals surface area contributed by atoms with Crippen molar-refractivity contribution in [2.45, 2.75) is 24.6 Å². The second-order valence-electron chi connectivity index (χ2n) is 4.86. The van der Waals surface area contributed by atoms with Gasteiger partial charge in [-0.15, -0.1) is 0 Å². The molecule has 7 heteroatoms. The van der Waals surface area contributed by atoms with Gasteiger partial charge in [0.05, 0.1) is 15.8 Å². The molecular formula is C12H16BrClFNO2S. The Hall–Kier alpha value is -0.170. The van der Waals surface area contributed by atoms with E-state index in [-0.39, 0.29) is 10.6 Å². The van der Waals surface area contributed by atoms with Crippen LogP contribution in [0.5, 0.6) is 0 Å². The molecule has 1 rings (SSSR count). The van der Waals surface area contributed by atoms with Crippen LogP contribution < -0.4 is 5.32 Å². The molecule has 0 fully saturated rings. The summed E-state index contributed by atoms with van der Waals surface area (Å²) in [5.41, 5.74) is 0.228. The van der Waals surface area contributed by atoms with Gasteiger partial charge in [-0.1, -0.05) is 17.7 Å². The molecule has 19 heavy (non-hydrogen) atoms. The maximum Gasteiger partial charge on any atom is 0.154 e. The molecular weight excluding hydrogens is 357 g/mol. The summed E-state index contributed by atoms with van der Waals surface area (Å²) in [5.74, 6) is -0.618. The Bertz CT molecular complexity index is 590. The third kappa shape index (κ3) is 3.12. The lowest BCUT2D eigenvalue weighted by Crippen LogP contribution is -2.44. The first kappa shape index (κ1) is 16.9. The van der Waals surface area contributed by atoms with Crippen molar-refractivity contribution < 1.29 is 12.8 Å². The van der Waals surface area contributed by atoms with Gasteiger partial charge in [0, 0.05) is 16.3 Å². The highest BCUT2D eigenvalue weighted by atomic mass is 79.9. The topological polar surface area (TPSA) is 46.2 Å². The van der Waals surface area contributed by atoms with E-state index < -0.39 is 26.4 Å². The van der Waals surface area contributed by atoms with Crippen molar-refractivity contribution in [3.05, 3.63) is 33.0 Å². The first-order chi connectivity index (χ1) is 8.54. The summed E-state index contributed by atoms with van der Waals surface area (Å²) in [6, 6.07) is 2.43. The normalized spacial score (nSPS) is 14.5. The number of nitrogens with one attached hydrogen (secondary N) is 1. The highest BCUT2D eigenvalue weighted by Gasteiger charge is 2.40. The number of hydrogen-bond acceptors (Lipinski definition) is 3. The molecule has 1 atom stereocenters. The number of sulfone groups is 1. The summed E-state index contributed by atoms with van der Waals surface area (Å²) in [7, 11) is -1.80. The molecule has 0 amide bonds. The van der Waals surface area contributed by atoms with E-state index in [1.807, 2.05) is 0 Å². The summed E-state index contributed by atoms with van der Waals surface area (Å²) in [6.07, 6.45) is 1.13. The molecule has 1 aromatic carbocycles. The molecule has 1 aromatic rings. The highest BCUT2D eigenvalue weighted by molar-refractivity contribution is 9.10. The fraction of sp³-hybridized carbons (Fsp3) is 0.500. The first-order valence-electron chi connectivity index (χ1n) is 5.54. The molecule has 0 bridgehead atoms. The van der Waals surface area contributed by atoms with Gasteiger partial charge in [0.15, 0.2) is 9.84 Å². The maximum atomic E-state index is 14.2. The van der Waals surface area contributed by atoms with Gasteiger partial charge in [0.1, 0.15) is 5.82 Å². The first-order valence-corrected chi connectivity index (χ1v) is 8.60. The molecule has 1 unspecified atom stereocenters. The van der Waals surface area contributed by atoms with Gasteiger partial charge >= 0.3 is 0 Å². The van der Waals surface area contributed by atoms with E-state index >= 15 is 0 Å². The van der Waals surface area contributed by atoms with E-state index in [2.05, 4.69) is 21.2 Å². The van der Waals surface area contributed by atoms with Crippen LogP contribution in [0.25, 0.3) is 0 Å². The fourth-order valence-electron chi connectivity index (χ4n) is 1.86. The quantitative estimate of drug-likeness (QED) is 0.825. The van der Waals surface area contributed by atoms with Crippen LogP contribution in [0.4, 0.5) is 4.39 Å². The van der Waals surface area contributed by atoms with Crippen molar-refractivity contribution in [2.75, 3.05) is 13.3 Å². The Labute approximate surface area is 126 Å². The van der Waals surface area contributed by atoms with Gasteiger partial charge in [-0.05, 0) is 42.9 Å². The molecule has 0 aliphatic carbocycles. The third-order valence-electron chi connectivity index (χ3n) is 3.32. The van der Waals surface area contributed by atoms with Gasteiger partial charge < -0.3 is 5.32 Å². The van der Waals surface area contributed by atoms with E-state index in [1.165, 1.54) is 6.07 Å². The fourth-order valence-corrected chi connectivity index (χ4v) is 3.01. The van der Waals surface area contributed by atoms with Gasteiger partial charge in [0.2, 0.25) is 0 Å². The minimum Gasteiger partial charge on any atom is -0.312 e. The van der Waals surface area contributed by atoms with Gasteiger partial charge in [0.25, 0.3) is 0 Å². The molecule has 1 N–H and O–H groups in total. The zero-order chi connectivity index (χ0) is 15.0. The van der Waals surface area contributed by atoms with E-state index in [4.69, 9.17) is 11.6 Å². The molecule has 0 saturated carbocycles. The van der Waals surface area contributed by atoms with Crippen LogP contribution in [-0.2, 0) is 9.84 Å². The maximum absolute atomic E-state index is 14.2. The second kappa shape index (κ2) is 5.68. The van der Waals surface area contributed by atoms with Crippen molar-refractivity contribution >= 4 is 37.4 Å². The summed E-state index contributed by atoms with van der Waals surface area (Å²) in [4.78, 5) is 0. The number of rotatable bonds is 4. The Morgan fingerprint density at radius 1 is 1.42 bits per heavy atom. The van der Waals surface area contributed by atoms with E-state index in [9.17, 15) is 12.8 Å². The average Bonchev–Trinajstić information content (AvgIpc) is 2.28. The Kier molecular flexibility index (Phi) is 5.04. The number of halogens is 3. The smallest absolute Gasteiger partial charge is 0.154 e. The van der Waals surface area contributed by atoms with Crippen LogP contribution >= 0.6 is 27.5 Å². The summed E-state index contributed by atoms with van der Waals surface area (Å²) in [6.45, 7) is 3.11. The number of benzene rings is 1. The molecule has 0 saturated heterocycles. The lowest BCUT2D eigenvalue weighted by molar-refractivity contribution is 0.430. The van der Waals surface area contributed by atoms with Crippen LogP contribution in [0.3, 0.4) is 0 Å². The summed E-state index contributed by atoms with van der Waals surface area (Å²) < 4.78 is 37.3. The lowest BCUT2D eigenvalue weighted by atomic mass is 9.95. The lowest BCUT2D eigenvalue weighted by Gasteiger charge is -2.33. The SMILES string of the molecule is CNC(c1ccc(Br)c(Cl)c1F)C(C)(C)S(C)(=O)=O. The Morgan fingerprint density at radius 2 is 1.95 bits per heavy atom. The zero-order valence-corrected chi connectivity index (χ0v) is 14.2. The highest BCUT2D eigenvalue weighted by Crippen LogP contribution is 2.37. The van der Waals surface area contributed by atoms with Gasteiger partial charge in [-0.3, -0.25) is 0 Å². The summed E-state index contributed by atoms with van der Waals surface area (Å²) >= 11 is 8.98. The third-order valence-corrected chi connectivity index (χ3v) is 6.72. The monoisotopic (exact) mass is 371 g/mol. The van der Waals surface area contributed by atoms with Crippen LogP contribution in [0.2, 0.25) is 5.02 Å². The minimum absolute atomic E-state index is 0.0537. The predicted molar refractivity (Wildman–Crippen MR) is 79.8 cm³/mol. The molecule has 0 heterocycles. The Morgan fingerprint density at radius 3 is 2.37 bits per heavy atom. The molecule has 0 radical (unpaired) electrons. The van der Waals surface area contributed by atoms with Gasteiger partial charge in [-0.25, -0.2) is 12.8 Å². The van der Waals surface area contributed by atoms with Crippen LogP contribution in [0.1, 0.15) is 25.5 Å². The zero-order valence-electron chi connectivity index (χ0n) is 11.1. The molecule has 108 valence electrons. The van der Waals surface area contributed by atoms with Crippen molar-refractivity contribution in [3.8, 4) is 0 Å². The van der Waals surface area contributed by atoms with Crippen molar-refractivity contribution in [1.29, 1.82) is 0 Å². The molecule has 3 nitrogen and oxygen atoms in total. The summed E-state index contributed by atoms with van der Waals surface area (Å²) in [5, 5.41) is 2.81.